The van der Waals surface area contributed by atoms with Crippen LogP contribution < -0.4 is 0 Å². The molecule has 0 N–H and O–H groups in total. The molecule has 0 atom stereocenters. The lowest BCUT2D eigenvalue weighted by Crippen LogP contribution is -2.07. The minimum absolute atomic E-state index is 0.317. The minimum atomic E-state index is 0.317. The Morgan fingerprint density at radius 1 is 1.44 bits per heavy atom. The summed E-state index contributed by atoms with van der Waals surface area (Å²) in [4.78, 5) is 8.85. The van der Waals surface area contributed by atoms with Gasteiger partial charge in [0.25, 0.3) is 0 Å². The molecule has 2 aromatic rings. The highest BCUT2D eigenvalue weighted by molar-refractivity contribution is 6.31. The van der Waals surface area contributed by atoms with E-state index in [2.05, 4.69) is 28.4 Å². The number of fused-ring (bicyclic) bond motifs is 1. The van der Waals surface area contributed by atoms with Crippen LogP contribution in [0.15, 0.2) is 12.3 Å². The number of aryl methyl sites for hydroxylation is 1. The summed E-state index contributed by atoms with van der Waals surface area (Å²) in [5.41, 5.74) is 1.71. The van der Waals surface area contributed by atoms with Crippen LogP contribution in [-0.4, -0.2) is 20.4 Å². The van der Waals surface area contributed by atoms with Crippen LogP contribution in [-0.2, 0) is 6.42 Å². The fourth-order valence-corrected chi connectivity index (χ4v) is 2.13. The number of hydrogen-bond donors (Lipinski definition) is 0. The lowest BCUT2D eigenvalue weighted by atomic mass is 10.3. The Bertz CT molecular complexity index is 505. The Hall–Kier alpha value is -0.800. The van der Waals surface area contributed by atoms with Crippen LogP contribution in [0.25, 0.3) is 11.2 Å². The Balaban J connectivity index is 2.65. The maximum atomic E-state index is 5.90. The van der Waals surface area contributed by atoms with Crippen molar-refractivity contribution in [3.63, 3.8) is 0 Å². The Morgan fingerprint density at radius 2 is 2.19 bits per heavy atom. The van der Waals surface area contributed by atoms with Crippen LogP contribution in [0.3, 0.4) is 0 Å². The first-order valence-electron chi connectivity index (χ1n) is 5.21. The van der Waals surface area contributed by atoms with Crippen molar-refractivity contribution in [2.75, 3.05) is 5.88 Å². The summed E-state index contributed by atoms with van der Waals surface area (Å²) in [6.07, 6.45) is 2.39. The normalized spacial score (nSPS) is 11.6. The Kier molecular flexibility index (Phi) is 3.36. The van der Waals surface area contributed by atoms with Gasteiger partial charge in [-0.25, -0.2) is 9.97 Å². The summed E-state index contributed by atoms with van der Waals surface area (Å²) in [6.45, 7) is 4.21. The van der Waals surface area contributed by atoms with Crippen LogP contribution >= 0.6 is 23.2 Å². The van der Waals surface area contributed by atoms with Crippen LogP contribution in [0.1, 0.15) is 25.7 Å². The molecule has 2 rings (SSSR count). The molecule has 2 aromatic heterocycles. The topological polar surface area (TPSA) is 30.7 Å². The fraction of sp³-hybridized carbons (Fsp3) is 0.455. The highest BCUT2D eigenvalue weighted by atomic mass is 35.5. The van der Waals surface area contributed by atoms with E-state index in [0.717, 1.165) is 23.4 Å². The summed E-state index contributed by atoms with van der Waals surface area (Å²) in [5.74, 6) is 1.53. The quantitative estimate of drug-likeness (QED) is 0.789. The van der Waals surface area contributed by atoms with E-state index in [1.54, 1.807) is 6.20 Å². The van der Waals surface area contributed by atoms with Crippen LogP contribution in [0.4, 0.5) is 0 Å². The maximum absolute atomic E-state index is 5.90. The van der Waals surface area contributed by atoms with E-state index in [4.69, 9.17) is 23.2 Å². The Morgan fingerprint density at radius 3 is 2.81 bits per heavy atom. The van der Waals surface area contributed by atoms with Gasteiger partial charge in [0.05, 0.1) is 5.02 Å². The van der Waals surface area contributed by atoms with Crippen molar-refractivity contribution < 1.29 is 0 Å². The van der Waals surface area contributed by atoms with Gasteiger partial charge in [-0.3, -0.25) is 0 Å². The maximum Gasteiger partial charge on any atom is 0.160 e. The predicted octanol–water partition coefficient (Wildman–Crippen LogP) is 3.45. The second-order valence-electron chi connectivity index (χ2n) is 3.93. The van der Waals surface area contributed by atoms with Crippen LogP contribution in [0, 0.1) is 0 Å². The largest absolute Gasteiger partial charge is 0.310 e. The van der Waals surface area contributed by atoms with Gasteiger partial charge < -0.3 is 4.57 Å². The first-order chi connectivity index (χ1) is 7.63. The second kappa shape index (κ2) is 4.60. The summed E-state index contributed by atoms with van der Waals surface area (Å²) in [5, 5.41) is 0.610. The SMILES string of the molecule is CC(C)n1c(CCCl)nc2cc(Cl)cnc21. The van der Waals surface area contributed by atoms with Gasteiger partial charge in [0, 0.05) is 24.5 Å². The molecule has 5 heteroatoms. The van der Waals surface area contributed by atoms with E-state index in [9.17, 15) is 0 Å². The van der Waals surface area contributed by atoms with Crippen LogP contribution in [0.5, 0.6) is 0 Å². The summed E-state index contributed by atoms with van der Waals surface area (Å²) < 4.78 is 2.11. The zero-order valence-electron chi connectivity index (χ0n) is 9.24. The number of aromatic nitrogens is 3. The number of alkyl halides is 1. The van der Waals surface area contributed by atoms with Crippen molar-refractivity contribution in [2.45, 2.75) is 26.3 Å². The number of nitrogens with zero attached hydrogens (tertiary/aromatic N) is 3. The molecule has 0 aromatic carbocycles. The van der Waals surface area contributed by atoms with Crippen molar-refractivity contribution >= 4 is 34.4 Å². The molecule has 0 aliphatic carbocycles. The summed E-state index contributed by atoms with van der Waals surface area (Å²) in [6, 6.07) is 2.15. The first-order valence-corrected chi connectivity index (χ1v) is 6.13. The predicted molar refractivity (Wildman–Crippen MR) is 67.3 cm³/mol. The van der Waals surface area contributed by atoms with E-state index >= 15 is 0 Å². The van der Waals surface area contributed by atoms with E-state index in [1.807, 2.05) is 6.07 Å². The molecule has 2 heterocycles. The molecule has 16 heavy (non-hydrogen) atoms. The van der Waals surface area contributed by atoms with Gasteiger partial charge in [0.15, 0.2) is 5.65 Å². The van der Waals surface area contributed by atoms with Gasteiger partial charge in [-0.15, -0.1) is 11.6 Å². The molecule has 0 fully saturated rings. The smallest absolute Gasteiger partial charge is 0.160 e. The minimum Gasteiger partial charge on any atom is -0.310 e. The molecular formula is C11H13Cl2N3. The third-order valence-corrected chi connectivity index (χ3v) is 2.80. The Labute approximate surface area is 104 Å². The first kappa shape index (κ1) is 11.7. The second-order valence-corrected chi connectivity index (χ2v) is 4.74. The molecule has 3 nitrogen and oxygen atoms in total. The van der Waals surface area contributed by atoms with Crippen molar-refractivity contribution in [1.82, 2.24) is 14.5 Å². The van der Waals surface area contributed by atoms with E-state index in [1.165, 1.54) is 0 Å². The van der Waals surface area contributed by atoms with E-state index < -0.39 is 0 Å². The molecule has 0 radical (unpaired) electrons. The highest BCUT2D eigenvalue weighted by Gasteiger charge is 2.13. The van der Waals surface area contributed by atoms with Crippen molar-refractivity contribution in [1.29, 1.82) is 0 Å². The number of hydrogen-bond acceptors (Lipinski definition) is 2. The van der Waals surface area contributed by atoms with Crippen molar-refractivity contribution in [3.05, 3.63) is 23.1 Å². The molecule has 0 bridgehead atoms. The average molecular weight is 258 g/mol. The monoisotopic (exact) mass is 257 g/mol. The number of halogens is 2. The third kappa shape index (κ3) is 2.02. The van der Waals surface area contributed by atoms with Gasteiger partial charge >= 0.3 is 0 Å². The molecule has 0 spiro atoms. The molecule has 0 aliphatic heterocycles. The molecule has 0 amide bonds. The van der Waals surface area contributed by atoms with E-state index in [-0.39, 0.29) is 0 Å². The van der Waals surface area contributed by atoms with Gasteiger partial charge in [-0.1, -0.05) is 11.6 Å². The number of rotatable bonds is 3. The standard InChI is InChI=1S/C11H13Cl2N3/c1-7(2)16-10(3-4-12)15-9-5-8(13)6-14-11(9)16/h5-7H,3-4H2,1-2H3. The number of pyridine rings is 1. The lowest BCUT2D eigenvalue weighted by Gasteiger charge is -2.11. The van der Waals surface area contributed by atoms with Crippen LogP contribution in [0.2, 0.25) is 5.02 Å². The van der Waals surface area contributed by atoms with Gasteiger partial charge in [0.2, 0.25) is 0 Å². The zero-order chi connectivity index (χ0) is 11.7. The van der Waals surface area contributed by atoms with Crippen molar-refractivity contribution in [3.8, 4) is 0 Å². The van der Waals surface area contributed by atoms with Gasteiger partial charge in [0.1, 0.15) is 11.3 Å². The average Bonchev–Trinajstić information content (AvgIpc) is 2.55. The molecule has 0 saturated heterocycles. The highest BCUT2D eigenvalue weighted by Crippen LogP contribution is 2.22. The molecule has 86 valence electrons. The van der Waals surface area contributed by atoms with Gasteiger partial charge in [-0.2, -0.15) is 0 Å². The summed E-state index contributed by atoms with van der Waals surface area (Å²) in [7, 11) is 0. The lowest BCUT2D eigenvalue weighted by molar-refractivity contribution is 0.584. The van der Waals surface area contributed by atoms with E-state index in [0.29, 0.717) is 16.9 Å². The zero-order valence-corrected chi connectivity index (χ0v) is 10.8. The van der Waals surface area contributed by atoms with Crippen molar-refractivity contribution in [2.24, 2.45) is 0 Å². The number of imidazole rings is 1. The molecule has 0 unspecified atom stereocenters. The molecule has 0 aliphatic rings. The molecule has 0 saturated carbocycles. The van der Waals surface area contributed by atoms with Gasteiger partial charge in [-0.05, 0) is 19.9 Å². The third-order valence-electron chi connectivity index (χ3n) is 2.40. The fourth-order valence-electron chi connectivity index (χ4n) is 1.81. The molecular weight excluding hydrogens is 245 g/mol. The summed E-state index contributed by atoms with van der Waals surface area (Å²) >= 11 is 11.7.